The Labute approximate surface area is 112 Å². The van der Waals surface area contributed by atoms with Gasteiger partial charge in [0.25, 0.3) is 0 Å². The van der Waals surface area contributed by atoms with Crippen LogP contribution in [0.2, 0.25) is 0 Å². The molecule has 1 aliphatic heterocycles. The summed E-state index contributed by atoms with van der Waals surface area (Å²) in [6.45, 7) is 10.7. The molecule has 0 aromatic rings. The van der Waals surface area contributed by atoms with Crippen molar-refractivity contribution in [2.75, 3.05) is 13.1 Å². The maximum absolute atomic E-state index is 12.3. The molecule has 1 rings (SSSR count). The highest BCUT2D eigenvalue weighted by molar-refractivity contribution is 5.82. The van der Waals surface area contributed by atoms with Gasteiger partial charge in [0.2, 0.25) is 5.91 Å². The third kappa shape index (κ3) is 4.97. The molecule has 0 spiro atoms. The van der Waals surface area contributed by atoms with E-state index >= 15 is 0 Å². The van der Waals surface area contributed by atoms with Gasteiger partial charge in [0, 0.05) is 11.5 Å². The maximum Gasteiger partial charge on any atom is 0.226 e. The summed E-state index contributed by atoms with van der Waals surface area (Å²) in [5.74, 6) is 1.01. The van der Waals surface area contributed by atoms with E-state index in [1.165, 1.54) is 12.8 Å². The summed E-state index contributed by atoms with van der Waals surface area (Å²) in [6, 6.07) is 0.308. The van der Waals surface area contributed by atoms with Gasteiger partial charge in [0.1, 0.15) is 0 Å². The number of hydrogen-bond donors (Lipinski definition) is 2. The molecule has 3 nitrogen and oxygen atoms in total. The first-order chi connectivity index (χ1) is 8.44. The highest BCUT2D eigenvalue weighted by atomic mass is 16.2. The molecule has 1 amide bonds. The van der Waals surface area contributed by atoms with Gasteiger partial charge >= 0.3 is 0 Å². The first-order valence-electron chi connectivity index (χ1n) is 7.46. The van der Waals surface area contributed by atoms with Crippen LogP contribution in [0.5, 0.6) is 0 Å². The molecule has 1 unspecified atom stereocenters. The summed E-state index contributed by atoms with van der Waals surface area (Å²) in [4.78, 5) is 12.3. The van der Waals surface area contributed by atoms with Gasteiger partial charge in [-0.05, 0) is 45.2 Å². The number of carbonyl (C=O) groups excluding carboxylic acids is 1. The van der Waals surface area contributed by atoms with E-state index in [0.717, 1.165) is 38.3 Å². The summed E-state index contributed by atoms with van der Waals surface area (Å²) in [7, 11) is 0. The van der Waals surface area contributed by atoms with Crippen molar-refractivity contribution in [3.63, 3.8) is 0 Å². The van der Waals surface area contributed by atoms with E-state index in [1.807, 2.05) is 0 Å². The zero-order chi connectivity index (χ0) is 13.6. The second-order valence-electron chi connectivity index (χ2n) is 6.51. The molecule has 0 aromatic carbocycles. The normalized spacial score (nSPS) is 20.7. The van der Waals surface area contributed by atoms with Crippen LogP contribution in [0.3, 0.4) is 0 Å². The van der Waals surface area contributed by atoms with Crippen molar-refractivity contribution in [1.29, 1.82) is 0 Å². The Bertz CT molecular complexity index is 257. The lowest BCUT2D eigenvalue weighted by Gasteiger charge is -2.33. The van der Waals surface area contributed by atoms with Gasteiger partial charge in [-0.15, -0.1) is 0 Å². The van der Waals surface area contributed by atoms with Gasteiger partial charge in [-0.2, -0.15) is 0 Å². The molecule has 0 aromatic heterocycles. The quantitative estimate of drug-likeness (QED) is 0.765. The van der Waals surface area contributed by atoms with Crippen molar-refractivity contribution in [3.8, 4) is 0 Å². The topological polar surface area (TPSA) is 41.1 Å². The summed E-state index contributed by atoms with van der Waals surface area (Å²) in [5, 5.41) is 6.51. The molecule has 1 heterocycles. The average molecular weight is 254 g/mol. The highest BCUT2D eigenvalue weighted by Crippen LogP contribution is 2.28. The van der Waals surface area contributed by atoms with Crippen LogP contribution in [0, 0.1) is 11.3 Å². The minimum Gasteiger partial charge on any atom is -0.353 e. The van der Waals surface area contributed by atoms with Crippen molar-refractivity contribution in [3.05, 3.63) is 0 Å². The van der Waals surface area contributed by atoms with Crippen molar-refractivity contribution in [1.82, 2.24) is 10.6 Å². The van der Waals surface area contributed by atoms with Crippen LogP contribution < -0.4 is 10.6 Å². The second-order valence-corrected chi connectivity index (χ2v) is 6.51. The standard InChI is InChI=1S/C15H30N2O/c1-12(2)6-5-7-13(3)17-14(18)15(4)8-10-16-11-9-15/h12-13,16H,5-11H2,1-4H3,(H,17,18). The van der Waals surface area contributed by atoms with E-state index in [2.05, 4.69) is 38.3 Å². The Morgan fingerprint density at radius 3 is 2.39 bits per heavy atom. The van der Waals surface area contributed by atoms with Gasteiger partial charge < -0.3 is 10.6 Å². The molecule has 1 atom stereocenters. The molecule has 1 fully saturated rings. The lowest BCUT2D eigenvalue weighted by atomic mass is 9.80. The first-order valence-corrected chi connectivity index (χ1v) is 7.46. The van der Waals surface area contributed by atoms with Crippen LogP contribution in [-0.4, -0.2) is 25.0 Å². The molecular weight excluding hydrogens is 224 g/mol. The molecule has 0 bridgehead atoms. The Hall–Kier alpha value is -0.570. The van der Waals surface area contributed by atoms with E-state index in [0.29, 0.717) is 6.04 Å². The van der Waals surface area contributed by atoms with Crippen molar-refractivity contribution in [2.24, 2.45) is 11.3 Å². The fraction of sp³-hybridized carbons (Fsp3) is 0.933. The van der Waals surface area contributed by atoms with Gasteiger partial charge in [0.05, 0.1) is 0 Å². The van der Waals surface area contributed by atoms with Crippen molar-refractivity contribution in [2.45, 2.75) is 65.8 Å². The monoisotopic (exact) mass is 254 g/mol. The van der Waals surface area contributed by atoms with Crippen molar-refractivity contribution >= 4 is 5.91 Å². The summed E-state index contributed by atoms with van der Waals surface area (Å²) >= 11 is 0. The Kier molecular flexibility index (Phi) is 6.13. The average Bonchev–Trinajstić information content (AvgIpc) is 2.29. The third-order valence-corrected chi connectivity index (χ3v) is 4.05. The minimum atomic E-state index is -0.155. The summed E-state index contributed by atoms with van der Waals surface area (Å²) in [6.07, 6.45) is 5.46. The fourth-order valence-corrected chi connectivity index (χ4v) is 2.51. The number of carbonyl (C=O) groups is 1. The van der Waals surface area contributed by atoms with E-state index < -0.39 is 0 Å². The smallest absolute Gasteiger partial charge is 0.226 e. The molecule has 0 aliphatic carbocycles. The number of hydrogen-bond acceptors (Lipinski definition) is 2. The van der Waals surface area contributed by atoms with Crippen molar-refractivity contribution < 1.29 is 4.79 Å². The molecule has 1 saturated heterocycles. The molecule has 0 radical (unpaired) electrons. The molecule has 106 valence electrons. The van der Waals surface area contributed by atoms with Crippen LogP contribution in [0.4, 0.5) is 0 Å². The molecule has 18 heavy (non-hydrogen) atoms. The number of nitrogens with one attached hydrogen (secondary N) is 2. The van der Waals surface area contributed by atoms with E-state index in [9.17, 15) is 4.79 Å². The van der Waals surface area contributed by atoms with Gasteiger partial charge in [-0.1, -0.05) is 33.6 Å². The van der Waals surface area contributed by atoms with Crippen LogP contribution in [0.15, 0.2) is 0 Å². The minimum absolute atomic E-state index is 0.155. The highest BCUT2D eigenvalue weighted by Gasteiger charge is 2.34. The largest absolute Gasteiger partial charge is 0.353 e. The number of piperidine rings is 1. The van der Waals surface area contributed by atoms with E-state index in [-0.39, 0.29) is 11.3 Å². The van der Waals surface area contributed by atoms with Crippen LogP contribution in [-0.2, 0) is 4.79 Å². The summed E-state index contributed by atoms with van der Waals surface area (Å²) < 4.78 is 0. The Morgan fingerprint density at radius 2 is 1.83 bits per heavy atom. The molecule has 2 N–H and O–H groups in total. The predicted octanol–water partition coefficient (Wildman–Crippen LogP) is 2.71. The molecule has 0 saturated carbocycles. The summed E-state index contributed by atoms with van der Waals surface area (Å²) in [5.41, 5.74) is -0.155. The lowest BCUT2D eigenvalue weighted by molar-refractivity contribution is -0.132. The van der Waals surface area contributed by atoms with E-state index in [1.54, 1.807) is 0 Å². The molecule has 1 aliphatic rings. The molecule has 3 heteroatoms. The van der Waals surface area contributed by atoms with E-state index in [4.69, 9.17) is 0 Å². The second kappa shape index (κ2) is 7.13. The first kappa shape index (κ1) is 15.5. The zero-order valence-electron chi connectivity index (χ0n) is 12.5. The fourth-order valence-electron chi connectivity index (χ4n) is 2.51. The van der Waals surface area contributed by atoms with Crippen LogP contribution in [0.1, 0.15) is 59.8 Å². The SMILES string of the molecule is CC(C)CCCC(C)NC(=O)C1(C)CCNCC1. The van der Waals surface area contributed by atoms with Crippen LogP contribution >= 0.6 is 0 Å². The van der Waals surface area contributed by atoms with Gasteiger partial charge in [-0.25, -0.2) is 0 Å². The van der Waals surface area contributed by atoms with Gasteiger partial charge in [-0.3, -0.25) is 4.79 Å². The Morgan fingerprint density at radius 1 is 1.22 bits per heavy atom. The predicted molar refractivity (Wildman–Crippen MR) is 76.5 cm³/mol. The Balaban J connectivity index is 2.29. The number of rotatable bonds is 6. The number of amides is 1. The third-order valence-electron chi connectivity index (χ3n) is 4.05. The van der Waals surface area contributed by atoms with Crippen LogP contribution in [0.25, 0.3) is 0 Å². The zero-order valence-corrected chi connectivity index (χ0v) is 12.5. The lowest BCUT2D eigenvalue weighted by Crippen LogP contribution is -2.48. The maximum atomic E-state index is 12.3. The molecular formula is C15H30N2O. The van der Waals surface area contributed by atoms with Gasteiger partial charge in [0.15, 0.2) is 0 Å².